The number of nitrogens with zero attached hydrogens (tertiary/aromatic N) is 2. The first-order valence-electron chi connectivity index (χ1n) is 6.43. The smallest absolute Gasteiger partial charge is 0.212 e. The Balaban J connectivity index is 2.87. The van der Waals surface area contributed by atoms with Crippen LogP contribution >= 0.6 is 0 Å². The first-order chi connectivity index (χ1) is 8.51. The molecule has 1 aromatic heterocycles. The van der Waals surface area contributed by atoms with E-state index in [1.807, 2.05) is 18.3 Å². The number of nitrogens with two attached hydrogens (primary N) is 1. The largest absolute Gasteiger partial charge is 0.481 e. The Hall–Kier alpha value is -1.13. The van der Waals surface area contributed by atoms with Gasteiger partial charge in [0.1, 0.15) is 0 Å². The molecule has 4 heteroatoms. The van der Waals surface area contributed by atoms with E-state index in [1.165, 1.54) is 0 Å². The Kier molecular flexibility index (Phi) is 5.56. The fourth-order valence-corrected chi connectivity index (χ4v) is 2.00. The number of methoxy groups -OCH3 is 1. The molecule has 0 aliphatic carbocycles. The number of ether oxygens (including phenoxy) is 1. The number of likely N-dealkylation sites (N-methyl/N-ethyl adjacent to an activating group) is 1. The predicted molar refractivity (Wildman–Crippen MR) is 74.6 cm³/mol. The molecule has 2 N–H and O–H groups in total. The summed E-state index contributed by atoms with van der Waals surface area (Å²) < 4.78 is 5.07. The van der Waals surface area contributed by atoms with Gasteiger partial charge in [-0.05, 0) is 25.5 Å². The monoisotopic (exact) mass is 251 g/mol. The van der Waals surface area contributed by atoms with Gasteiger partial charge in [-0.2, -0.15) is 0 Å². The van der Waals surface area contributed by atoms with Crippen molar-refractivity contribution in [1.29, 1.82) is 0 Å². The molecule has 2 atom stereocenters. The lowest BCUT2D eigenvalue weighted by atomic mass is 10.0. The van der Waals surface area contributed by atoms with Crippen molar-refractivity contribution < 1.29 is 4.74 Å². The van der Waals surface area contributed by atoms with Crippen LogP contribution in [0, 0.1) is 5.92 Å². The highest BCUT2D eigenvalue weighted by Crippen LogP contribution is 2.23. The average molecular weight is 251 g/mol. The van der Waals surface area contributed by atoms with Crippen molar-refractivity contribution in [2.45, 2.75) is 32.9 Å². The summed E-state index contributed by atoms with van der Waals surface area (Å²) in [7, 11) is 3.74. The van der Waals surface area contributed by atoms with Crippen LogP contribution in [-0.4, -0.2) is 36.6 Å². The van der Waals surface area contributed by atoms with E-state index >= 15 is 0 Å². The molecule has 0 radical (unpaired) electrons. The molecule has 102 valence electrons. The van der Waals surface area contributed by atoms with Gasteiger partial charge in [0.25, 0.3) is 0 Å². The van der Waals surface area contributed by atoms with Crippen LogP contribution in [0.1, 0.15) is 32.4 Å². The molecule has 0 amide bonds. The highest BCUT2D eigenvalue weighted by molar-refractivity contribution is 5.21. The summed E-state index contributed by atoms with van der Waals surface area (Å²) in [5, 5.41) is 0. The molecule has 0 aliphatic rings. The standard InChI is InChI=1S/C14H25N3O/c1-10(2)11(3)17(4)13(8-15)12-6-7-14(18-5)16-9-12/h6-7,9-11,13H,8,15H2,1-5H3. The second-order valence-electron chi connectivity index (χ2n) is 5.04. The maximum Gasteiger partial charge on any atom is 0.212 e. The topological polar surface area (TPSA) is 51.4 Å². The van der Waals surface area contributed by atoms with Crippen molar-refractivity contribution in [3.8, 4) is 5.88 Å². The molecule has 18 heavy (non-hydrogen) atoms. The molecule has 1 rings (SSSR count). The molecule has 0 bridgehead atoms. The van der Waals surface area contributed by atoms with Crippen LogP contribution in [0.25, 0.3) is 0 Å². The summed E-state index contributed by atoms with van der Waals surface area (Å²) >= 11 is 0. The van der Waals surface area contributed by atoms with Crippen molar-refractivity contribution in [3.63, 3.8) is 0 Å². The number of hydrogen-bond acceptors (Lipinski definition) is 4. The molecule has 0 saturated heterocycles. The van der Waals surface area contributed by atoms with Crippen LogP contribution < -0.4 is 10.5 Å². The SMILES string of the molecule is COc1ccc(C(CN)N(C)C(C)C(C)C)cn1. The Morgan fingerprint density at radius 1 is 1.33 bits per heavy atom. The molecular formula is C14H25N3O. The van der Waals surface area contributed by atoms with Gasteiger partial charge in [-0.3, -0.25) is 4.90 Å². The Morgan fingerprint density at radius 3 is 2.39 bits per heavy atom. The summed E-state index contributed by atoms with van der Waals surface area (Å²) in [5.74, 6) is 1.23. The van der Waals surface area contributed by atoms with E-state index in [0.717, 1.165) is 5.56 Å². The third kappa shape index (κ3) is 3.43. The lowest BCUT2D eigenvalue weighted by molar-refractivity contribution is 0.151. The van der Waals surface area contributed by atoms with Gasteiger partial charge in [-0.15, -0.1) is 0 Å². The van der Waals surface area contributed by atoms with Crippen LogP contribution in [0.15, 0.2) is 18.3 Å². The van der Waals surface area contributed by atoms with Crippen molar-refractivity contribution in [2.24, 2.45) is 11.7 Å². The average Bonchev–Trinajstić information content (AvgIpc) is 2.39. The van der Waals surface area contributed by atoms with Gasteiger partial charge in [0.15, 0.2) is 0 Å². The van der Waals surface area contributed by atoms with Gasteiger partial charge in [-0.25, -0.2) is 4.98 Å². The number of aromatic nitrogens is 1. The molecule has 0 saturated carbocycles. The van der Waals surface area contributed by atoms with E-state index in [1.54, 1.807) is 7.11 Å². The second-order valence-corrected chi connectivity index (χ2v) is 5.04. The number of pyridine rings is 1. The first-order valence-corrected chi connectivity index (χ1v) is 6.43. The quantitative estimate of drug-likeness (QED) is 0.841. The summed E-state index contributed by atoms with van der Waals surface area (Å²) in [6, 6.07) is 4.58. The van der Waals surface area contributed by atoms with Gasteiger partial charge in [0.05, 0.1) is 7.11 Å². The zero-order valence-electron chi connectivity index (χ0n) is 12.1. The fourth-order valence-electron chi connectivity index (χ4n) is 2.00. The van der Waals surface area contributed by atoms with Gasteiger partial charge in [-0.1, -0.05) is 19.9 Å². The minimum atomic E-state index is 0.195. The van der Waals surface area contributed by atoms with Crippen LogP contribution in [-0.2, 0) is 0 Å². The molecule has 4 nitrogen and oxygen atoms in total. The predicted octanol–water partition coefficient (Wildman–Crippen LogP) is 2.07. The molecule has 2 unspecified atom stereocenters. The number of hydrogen-bond donors (Lipinski definition) is 1. The van der Waals surface area contributed by atoms with Gasteiger partial charge < -0.3 is 10.5 Å². The normalized spacial score (nSPS) is 14.9. The summed E-state index contributed by atoms with van der Waals surface area (Å²) in [4.78, 5) is 6.56. The third-order valence-corrected chi connectivity index (χ3v) is 3.68. The summed E-state index contributed by atoms with van der Waals surface area (Å²) in [6.07, 6.45) is 1.85. The lowest BCUT2D eigenvalue weighted by Gasteiger charge is -2.34. The molecule has 0 aliphatic heterocycles. The second kappa shape index (κ2) is 6.71. The van der Waals surface area contributed by atoms with E-state index in [-0.39, 0.29) is 6.04 Å². The van der Waals surface area contributed by atoms with Crippen molar-refractivity contribution in [1.82, 2.24) is 9.88 Å². The highest BCUT2D eigenvalue weighted by Gasteiger charge is 2.22. The molecule has 0 spiro atoms. The van der Waals surface area contributed by atoms with E-state index in [4.69, 9.17) is 10.5 Å². The summed E-state index contributed by atoms with van der Waals surface area (Å²) in [6.45, 7) is 7.26. The Labute approximate surface area is 110 Å². The Bertz CT molecular complexity index is 351. The minimum Gasteiger partial charge on any atom is -0.481 e. The van der Waals surface area contributed by atoms with Crippen molar-refractivity contribution >= 4 is 0 Å². The summed E-state index contributed by atoms with van der Waals surface area (Å²) in [5.41, 5.74) is 7.05. The molecular weight excluding hydrogens is 226 g/mol. The zero-order valence-corrected chi connectivity index (χ0v) is 12.1. The fraction of sp³-hybridized carbons (Fsp3) is 0.643. The molecule has 1 heterocycles. The maximum absolute atomic E-state index is 5.91. The zero-order chi connectivity index (χ0) is 13.7. The van der Waals surface area contributed by atoms with E-state index in [2.05, 4.69) is 37.7 Å². The van der Waals surface area contributed by atoms with Crippen molar-refractivity contribution in [2.75, 3.05) is 20.7 Å². The van der Waals surface area contributed by atoms with Gasteiger partial charge >= 0.3 is 0 Å². The van der Waals surface area contributed by atoms with Crippen LogP contribution in [0.5, 0.6) is 5.88 Å². The van der Waals surface area contributed by atoms with E-state index < -0.39 is 0 Å². The molecule has 0 aromatic carbocycles. The Morgan fingerprint density at radius 2 is 2.00 bits per heavy atom. The maximum atomic E-state index is 5.91. The third-order valence-electron chi connectivity index (χ3n) is 3.68. The van der Waals surface area contributed by atoms with Crippen molar-refractivity contribution in [3.05, 3.63) is 23.9 Å². The highest BCUT2D eigenvalue weighted by atomic mass is 16.5. The van der Waals surface area contributed by atoms with Crippen LogP contribution in [0.3, 0.4) is 0 Å². The molecule has 0 fully saturated rings. The lowest BCUT2D eigenvalue weighted by Crippen LogP contribution is -2.39. The van der Waals surface area contributed by atoms with Crippen LogP contribution in [0.4, 0.5) is 0 Å². The van der Waals surface area contributed by atoms with E-state index in [9.17, 15) is 0 Å². The first kappa shape index (κ1) is 14.9. The molecule has 1 aromatic rings. The number of rotatable bonds is 6. The van der Waals surface area contributed by atoms with Crippen LogP contribution in [0.2, 0.25) is 0 Å². The van der Waals surface area contributed by atoms with E-state index in [0.29, 0.717) is 24.4 Å². The van der Waals surface area contributed by atoms with Gasteiger partial charge in [0.2, 0.25) is 5.88 Å². The van der Waals surface area contributed by atoms with Gasteiger partial charge in [0, 0.05) is 30.9 Å². The minimum absolute atomic E-state index is 0.195.